The highest BCUT2D eigenvalue weighted by Crippen LogP contribution is 2.20. The summed E-state index contributed by atoms with van der Waals surface area (Å²) in [7, 11) is 3.26. The van der Waals surface area contributed by atoms with E-state index in [0.29, 0.717) is 16.9 Å². The summed E-state index contributed by atoms with van der Waals surface area (Å²) in [6.45, 7) is 0. The molecule has 0 atom stereocenters. The summed E-state index contributed by atoms with van der Waals surface area (Å²) in [6, 6.07) is 11.3. The molecule has 0 bridgehead atoms. The van der Waals surface area contributed by atoms with Crippen molar-refractivity contribution in [3.05, 3.63) is 53.8 Å². The Morgan fingerprint density at radius 1 is 1.21 bits per heavy atom. The van der Waals surface area contributed by atoms with Crippen LogP contribution in [0.5, 0.6) is 0 Å². The monoisotopic (exact) mass is 257 g/mol. The van der Waals surface area contributed by atoms with Crippen LogP contribution >= 0.6 is 0 Å². The second kappa shape index (κ2) is 5.56. The molecule has 2 rings (SSSR count). The van der Waals surface area contributed by atoms with Gasteiger partial charge in [-0.3, -0.25) is 0 Å². The molecule has 0 saturated heterocycles. The number of nitrogens with one attached hydrogen (secondary N) is 1. The predicted octanol–water partition coefficient (Wildman–Crippen LogP) is 1.61. The second-order valence-corrected chi connectivity index (χ2v) is 4.17. The van der Waals surface area contributed by atoms with Crippen LogP contribution in [0.1, 0.15) is 10.4 Å². The molecule has 96 valence electrons. The maximum atomic E-state index is 12.8. The Hall–Kier alpha value is -2.30. The van der Waals surface area contributed by atoms with Crippen molar-refractivity contribution in [1.29, 1.82) is 0 Å². The Bertz CT molecular complexity index is 599. The highest BCUT2D eigenvalue weighted by atomic mass is 19.1. The average molecular weight is 257 g/mol. The number of hydrogen-bond acceptors (Lipinski definition) is 3. The minimum Gasteiger partial charge on any atom is -0.465 e. The van der Waals surface area contributed by atoms with Crippen molar-refractivity contribution in [2.75, 3.05) is 12.4 Å². The molecule has 5 heteroatoms. The minimum atomic E-state index is -0.412. The van der Waals surface area contributed by atoms with Crippen LogP contribution in [0.2, 0.25) is 0 Å². The third kappa shape index (κ3) is 3.13. The summed E-state index contributed by atoms with van der Waals surface area (Å²) in [5.41, 5.74) is 2.80. The smallest absolute Gasteiger partial charge is 0.339 e. The Balaban J connectivity index is 2.35. The van der Waals surface area contributed by atoms with E-state index in [0.717, 1.165) is 5.46 Å². The van der Waals surface area contributed by atoms with Crippen LogP contribution in [-0.2, 0) is 4.74 Å². The standard InChI is InChI=1S/C14H13BFNO2/c1-19-14(18)12-7-2-9(15)8-13(12)17-11-5-3-10(16)4-6-11/h2-8,17H,15H2,1H3. The summed E-state index contributed by atoms with van der Waals surface area (Å²) < 4.78 is 17.6. The lowest BCUT2D eigenvalue weighted by atomic mass is 9.94. The molecule has 0 amide bonds. The minimum absolute atomic E-state index is 0.303. The summed E-state index contributed by atoms with van der Waals surface area (Å²) in [6.07, 6.45) is 0. The summed E-state index contributed by atoms with van der Waals surface area (Å²) in [5, 5.41) is 3.09. The van der Waals surface area contributed by atoms with Crippen molar-refractivity contribution in [2.24, 2.45) is 0 Å². The SMILES string of the molecule is Bc1ccc(C(=O)OC)c(Nc2ccc(F)cc2)c1. The molecular weight excluding hydrogens is 244 g/mol. The molecule has 19 heavy (non-hydrogen) atoms. The quantitative estimate of drug-likeness (QED) is 0.670. The van der Waals surface area contributed by atoms with Crippen molar-refractivity contribution in [3.63, 3.8) is 0 Å². The van der Waals surface area contributed by atoms with E-state index in [1.807, 2.05) is 20.0 Å². The van der Waals surface area contributed by atoms with Crippen LogP contribution in [-0.4, -0.2) is 20.9 Å². The number of benzene rings is 2. The van der Waals surface area contributed by atoms with Crippen LogP contribution in [0.4, 0.5) is 15.8 Å². The van der Waals surface area contributed by atoms with Crippen molar-refractivity contribution < 1.29 is 13.9 Å². The van der Waals surface area contributed by atoms with Crippen LogP contribution < -0.4 is 10.8 Å². The number of rotatable bonds is 3. The van der Waals surface area contributed by atoms with Gasteiger partial charge in [0.1, 0.15) is 13.7 Å². The van der Waals surface area contributed by atoms with Crippen molar-refractivity contribution in [3.8, 4) is 0 Å². The van der Waals surface area contributed by atoms with Gasteiger partial charge in [0.15, 0.2) is 0 Å². The van der Waals surface area contributed by atoms with Gasteiger partial charge in [-0.1, -0.05) is 11.5 Å². The molecule has 3 nitrogen and oxygen atoms in total. The predicted molar refractivity (Wildman–Crippen MR) is 75.6 cm³/mol. The lowest BCUT2D eigenvalue weighted by molar-refractivity contribution is 0.0602. The maximum Gasteiger partial charge on any atom is 0.339 e. The Morgan fingerprint density at radius 3 is 2.53 bits per heavy atom. The van der Waals surface area contributed by atoms with Crippen LogP contribution in [0.3, 0.4) is 0 Å². The zero-order chi connectivity index (χ0) is 13.8. The summed E-state index contributed by atoms with van der Waals surface area (Å²) >= 11 is 0. The topological polar surface area (TPSA) is 38.3 Å². The van der Waals surface area contributed by atoms with E-state index in [9.17, 15) is 9.18 Å². The number of carbonyl (C=O) groups is 1. The fourth-order valence-corrected chi connectivity index (χ4v) is 1.74. The number of anilines is 2. The van der Waals surface area contributed by atoms with Gasteiger partial charge in [-0.2, -0.15) is 0 Å². The molecule has 0 saturated carbocycles. The van der Waals surface area contributed by atoms with Gasteiger partial charge < -0.3 is 10.1 Å². The Kier molecular flexibility index (Phi) is 3.85. The first-order chi connectivity index (χ1) is 9.10. The first-order valence-corrected chi connectivity index (χ1v) is 5.81. The van der Waals surface area contributed by atoms with E-state index in [1.54, 1.807) is 18.2 Å². The Morgan fingerprint density at radius 2 is 1.89 bits per heavy atom. The van der Waals surface area contributed by atoms with Crippen molar-refractivity contribution in [2.45, 2.75) is 0 Å². The zero-order valence-corrected chi connectivity index (χ0v) is 10.7. The third-order valence-electron chi connectivity index (χ3n) is 2.70. The number of hydrogen-bond donors (Lipinski definition) is 1. The maximum absolute atomic E-state index is 12.8. The first-order valence-electron chi connectivity index (χ1n) is 5.81. The highest BCUT2D eigenvalue weighted by Gasteiger charge is 2.11. The van der Waals surface area contributed by atoms with E-state index in [-0.39, 0.29) is 5.82 Å². The van der Waals surface area contributed by atoms with Gasteiger partial charge in [-0.25, -0.2) is 9.18 Å². The van der Waals surface area contributed by atoms with E-state index in [2.05, 4.69) is 5.32 Å². The fraction of sp³-hybridized carbons (Fsp3) is 0.0714. The largest absolute Gasteiger partial charge is 0.465 e. The molecular formula is C14H13BFNO2. The molecule has 2 aromatic rings. The number of halogens is 1. The Labute approximate surface area is 111 Å². The normalized spacial score (nSPS) is 10.0. The van der Waals surface area contributed by atoms with E-state index >= 15 is 0 Å². The summed E-state index contributed by atoms with van der Waals surface area (Å²) in [4.78, 5) is 11.7. The lowest BCUT2D eigenvalue weighted by Crippen LogP contribution is -2.10. The molecule has 1 N–H and O–H groups in total. The molecule has 0 aliphatic carbocycles. The van der Waals surface area contributed by atoms with Gasteiger partial charge in [0.2, 0.25) is 0 Å². The van der Waals surface area contributed by atoms with E-state index < -0.39 is 5.97 Å². The van der Waals surface area contributed by atoms with Gasteiger partial charge in [-0.15, -0.1) is 0 Å². The molecule has 0 aliphatic rings. The molecule has 0 aliphatic heterocycles. The lowest BCUT2D eigenvalue weighted by Gasteiger charge is -2.11. The molecule has 0 heterocycles. The van der Waals surface area contributed by atoms with E-state index in [1.165, 1.54) is 19.2 Å². The van der Waals surface area contributed by atoms with Crippen molar-refractivity contribution >= 4 is 30.7 Å². The second-order valence-electron chi connectivity index (χ2n) is 4.17. The van der Waals surface area contributed by atoms with E-state index in [4.69, 9.17) is 4.74 Å². The molecule has 0 aromatic heterocycles. The van der Waals surface area contributed by atoms with Crippen molar-refractivity contribution in [1.82, 2.24) is 0 Å². The fourth-order valence-electron chi connectivity index (χ4n) is 1.74. The summed E-state index contributed by atoms with van der Waals surface area (Å²) in [5.74, 6) is -0.715. The number of ether oxygens (including phenoxy) is 1. The van der Waals surface area contributed by atoms with Crippen LogP contribution in [0.25, 0.3) is 0 Å². The number of esters is 1. The first kappa shape index (κ1) is 13.1. The number of methoxy groups -OCH3 is 1. The van der Waals surface area contributed by atoms with Gasteiger partial charge >= 0.3 is 5.97 Å². The highest BCUT2D eigenvalue weighted by molar-refractivity contribution is 6.32. The van der Waals surface area contributed by atoms with Crippen LogP contribution in [0, 0.1) is 5.82 Å². The molecule has 0 radical (unpaired) electrons. The number of carbonyl (C=O) groups excluding carboxylic acids is 1. The molecule has 0 spiro atoms. The molecule has 0 unspecified atom stereocenters. The average Bonchev–Trinajstić information content (AvgIpc) is 2.41. The van der Waals surface area contributed by atoms with Gasteiger partial charge in [0.05, 0.1) is 18.4 Å². The van der Waals surface area contributed by atoms with Gasteiger partial charge in [0.25, 0.3) is 0 Å². The third-order valence-corrected chi connectivity index (χ3v) is 2.70. The molecule has 2 aromatic carbocycles. The zero-order valence-electron chi connectivity index (χ0n) is 10.7. The van der Waals surface area contributed by atoms with Gasteiger partial charge in [0, 0.05) is 5.69 Å². The van der Waals surface area contributed by atoms with Crippen LogP contribution in [0.15, 0.2) is 42.5 Å². The van der Waals surface area contributed by atoms with Gasteiger partial charge in [-0.05, 0) is 36.4 Å². The molecule has 0 fully saturated rings.